The number of ether oxygens (including phenoxy) is 4. The lowest BCUT2D eigenvalue weighted by atomic mass is 10.2. The predicted octanol–water partition coefficient (Wildman–Crippen LogP) is 4.50. The van der Waals surface area contributed by atoms with Crippen LogP contribution in [0, 0.1) is 5.82 Å². The van der Waals surface area contributed by atoms with E-state index in [1.807, 2.05) is 0 Å². The highest BCUT2D eigenvalue weighted by Gasteiger charge is 2.34. The summed E-state index contributed by atoms with van der Waals surface area (Å²) in [4.78, 5) is 8.53. The van der Waals surface area contributed by atoms with Crippen LogP contribution in [0.1, 0.15) is 11.8 Å². The summed E-state index contributed by atoms with van der Waals surface area (Å²) in [5.74, 6) is 0.662. The number of aromatic nitrogens is 5. The average Bonchev–Trinajstić information content (AvgIpc) is 3.44. The van der Waals surface area contributed by atoms with Crippen LogP contribution >= 0.6 is 30.1 Å². The number of halogens is 2. The van der Waals surface area contributed by atoms with Crippen LogP contribution in [-0.2, 0) is 14.8 Å². The molecule has 224 valence electrons. The molecule has 0 spiro atoms. The van der Waals surface area contributed by atoms with Crippen molar-refractivity contribution in [1.82, 2.24) is 24.7 Å². The first-order valence-electron chi connectivity index (χ1n) is 12.3. The monoisotopic (exact) mass is 730 g/mol. The van der Waals surface area contributed by atoms with Gasteiger partial charge >= 0.3 is 0 Å². The largest absolute Gasteiger partial charge is 0.494 e. The second-order valence-corrected chi connectivity index (χ2v) is 13.0. The van der Waals surface area contributed by atoms with Crippen LogP contribution < -0.4 is 18.5 Å². The van der Waals surface area contributed by atoms with E-state index in [0.717, 1.165) is 10.5 Å². The Morgan fingerprint density at radius 3 is 2.31 bits per heavy atom. The zero-order chi connectivity index (χ0) is 30.3. The molecule has 0 unspecified atom stereocenters. The van der Waals surface area contributed by atoms with Crippen molar-refractivity contribution in [2.75, 3.05) is 50.8 Å². The molecule has 3 aromatic heterocycles. The quantitative estimate of drug-likeness (QED) is 0.170. The first-order chi connectivity index (χ1) is 20.3. The lowest BCUT2D eigenvalue weighted by molar-refractivity contribution is 0.118. The molecule has 0 aliphatic rings. The van der Waals surface area contributed by atoms with E-state index in [2.05, 4.69) is 41.4 Å². The molecule has 16 heteroatoms. The smallest absolute Gasteiger partial charge is 0.246 e. The van der Waals surface area contributed by atoms with Crippen molar-refractivity contribution in [2.45, 2.75) is 6.10 Å². The zero-order valence-corrected chi connectivity index (χ0v) is 26.9. The number of hydrogen-bond donors (Lipinski definition) is 0. The van der Waals surface area contributed by atoms with Gasteiger partial charge in [0, 0.05) is 25.5 Å². The molecule has 0 saturated carbocycles. The molecule has 3 heterocycles. The first-order valence-corrected chi connectivity index (χ1v) is 17.5. The maximum Gasteiger partial charge on any atom is 0.246 e. The highest BCUT2D eigenvalue weighted by Crippen LogP contribution is 2.39. The predicted molar refractivity (Wildman–Crippen MR) is 166 cm³/mol. The van der Waals surface area contributed by atoms with E-state index in [4.69, 9.17) is 18.9 Å². The molecule has 1 aromatic carbocycles. The Labute approximate surface area is 259 Å². The van der Waals surface area contributed by atoms with Gasteiger partial charge in [-0.15, -0.1) is 10.2 Å². The van der Waals surface area contributed by atoms with Crippen molar-refractivity contribution in [3.63, 3.8) is 0 Å². The number of nitrogens with zero attached hydrogens (tertiary/aromatic N) is 6. The van der Waals surface area contributed by atoms with Gasteiger partial charge in [0.05, 0.1) is 33.2 Å². The molecule has 0 radical (unpaired) electrons. The standard InChI is InChI=1S/C26H28FIN6O6S2/c1-37-20-8-6-9-21(38-2)24(20)34-25(19-7-5-10-23(30-19)40-4)31-32-26(34)33(13-14-41-28)42(35,36)16-22(39-3)18-12-11-17(27)15-29-18/h5-12,15,22H,13-14,16H2,1-4H3/t22-/m0/s1. The summed E-state index contributed by atoms with van der Waals surface area (Å²) < 4.78 is 66.6. The van der Waals surface area contributed by atoms with E-state index >= 15 is 0 Å². The summed E-state index contributed by atoms with van der Waals surface area (Å²) in [5, 5.41) is 8.74. The van der Waals surface area contributed by atoms with Crippen molar-refractivity contribution < 1.29 is 31.8 Å². The third-order valence-electron chi connectivity index (χ3n) is 6.09. The fourth-order valence-electron chi connectivity index (χ4n) is 4.13. The lowest BCUT2D eigenvalue weighted by Gasteiger charge is -2.26. The molecule has 0 N–H and O–H groups in total. The Morgan fingerprint density at radius 2 is 1.71 bits per heavy atom. The van der Waals surface area contributed by atoms with Crippen molar-refractivity contribution >= 4 is 46.1 Å². The van der Waals surface area contributed by atoms with E-state index in [1.54, 1.807) is 36.4 Å². The molecule has 0 saturated heterocycles. The van der Waals surface area contributed by atoms with E-state index in [-0.39, 0.29) is 24.0 Å². The molecule has 0 aliphatic heterocycles. The van der Waals surface area contributed by atoms with Gasteiger partial charge < -0.3 is 18.9 Å². The van der Waals surface area contributed by atoms with Gasteiger partial charge in [0.2, 0.25) is 21.9 Å². The SMILES string of the molecule is COc1cccc(-c2nnc(N(CCSI)S(=O)(=O)C[C@H](OC)c3ccc(F)cn3)n2-c2c(OC)cccc2OC)n1. The summed E-state index contributed by atoms with van der Waals surface area (Å²) in [7, 11) is 3.11. The first kappa shape index (κ1) is 31.7. The lowest BCUT2D eigenvalue weighted by Crippen LogP contribution is -2.38. The number of para-hydroxylation sites is 1. The number of pyridine rings is 2. The molecule has 0 amide bonds. The molecule has 4 aromatic rings. The summed E-state index contributed by atoms with van der Waals surface area (Å²) >= 11 is 2.10. The van der Waals surface area contributed by atoms with Crippen molar-refractivity contribution in [3.8, 4) is 34.6 Å². The molecule has 0 fully saturated rings. The van der Waals surface area contributed by atoms with E-state index in [0.29, 0.717) is 34.5 Å². The molecule has 12 nitrogen and oxygen atoms in total. The number of sulfonamides is 1. The van der Waals surface area contributed by atoms with Crippen LogP contribution in [0.5, 0.6) is 17.4 Å². The number of rotatable bonds is 14. The normalized spacial score (nSPS) is 12.1. The second kappa shape index (κ2) is 14.3. The maximum atomic E-state index is 14.1. The third kappa shape index (κ3) is 6.87. The van der Waals surface area contributed by atoms with Gasteiger partial charge in [0.25, 0.3) is 0 Å². The van der Waals surface area contributed by atoms with Crippen molar-refractivity contribution in [1.29, 1.82) is 0 Å². The van der Waals surface area contributed by atoms with Gasteiger partial charge in [-0.05, 0) is 51.5 Å². The minimum Gasteiger partial charge on any atom is -0.494 e. The number of anilines is 1. The van der Waals surface area contributed by atoms with E-state index in [1.165, 1.54) is 54.1 Å². The summed E-state index contributed by atoms with van der Waals surface area (Å²) in [6, 6.07) is 12.9. The van der Waals surface area contributed by atoms with Crippen molar-refractivity contribution in [2.24, 2.45) is 0 Å². The van der Waals surface area contributed by atoms with Crippen LogP contribution in [0.4, 0.5) is 10.3 Å². The van der Waals surface area contributed by atoms with Crippen LogP contribution in [-0.4, -0.2) is 79.6 Å². The fraction of sp³-hybridized carbons (Fsp3) is 0.308. The summed E-state index contributed by atoms with van der Waals surface area (Å²) in [6.07, 6.45) is 0.0262. The van der Waals surface area contributed by atoms with Gasteiger partial charge in [-0.2, -0.15) is 0 Å². The Hall–Kier alpha value is -3.22. The fourth-order valence-corrected chi connectivity index (χ4v) is 6.69. The highest BCUT2D eigenvalue weighted by atomic mass is 127. The van der Waals surface area contributed by atoms with Crippen LogP contribution in [0.25, 0.3) is 17.2 Å². The Balaban J connectivity index is 1.94. The molecule has 0 bridgehead atoms. The van der Waals surface area contributed by atoms with Gasteiger partial charge in [0.15, 0.2) is 5.82 Å². The average molecular weight is 731 g/mol. The molecular weight excluding hydrogens is 702 g/mol. The topological polar surface area (TPSA) is 131 Å². The molecule has 42 heavy (non-hydrogen) atoms. The number of hydrogen-bond acceptors (Lipinski definition) is 11. The van der Waals surface area contributed by atoms with Gasteiger partial charge in [-0.3, -0.25) is 9.55 Å². The Morgan fingerprint density at radius 1 is 1.00 bits per heavy atom. The van der Waals surface area contributed by atoms with Crippen LogP contribution in [0.15, 0.2) is 54.7 Å². The van der Waals surface area contributed by atoms with Crippen molar-refractivity contribution in [3.05, 3.63) is 66.2 Å². The second-order valence-electron chi connectivity index (χ2n) is 8.52. The minimum absolute atomic E-state index is 0.0233. The Bertz CT molecular complexity index is 1590. The summed E-state index contributed by atoms with van der Waals surface area (Å²) in [5.41, 5.74) is 1.000. The summed E-state index contributed by atoms with van der Waals surface area (Å²) in [6.45, 7) is 0.0460. The number of benzene rings is 1. The molecule has 0 aliphatic carbocycles. The van der Waals surface area contributed by atoms with Crippen LogP contribution in [0.3, 0.4) is 0 Å². The molecule has 4 rings (SSSR count). The maximum absolute atomic E-state index is 14.1. The van der Waals surface area contributed by atoms with Crippen LogP contribution in [0.2, 0.25) is 0 Å². The third-order valence-corrected chi connectivity index (χ3v) is 9.49. The molecule has 1 atom stereocenters. The highest BCUT2D eigenvalue weighted by molar-refractivity contribution is 14.2. The van der Waals surface area contributed by atoms with E-state index in [9.17, 15) is 12.8 Å². The van der Waals surface area contributed by atoms with E-state index < -0.39 is 27.7 Å². The number of methoxy groups -OCH3 is 4. The minimum atomic E-state index is -4.16. The van der Waals surface area contributed by atoms with Gasteiger partial charge in [0.1, 0.15) is 40.6 Å². The molecular formula is C26H28FIN6O6S2. The van der Waals surface area contributed by atoms with Gasteiger partial charge in [-0.25, -0.2) is 22.1 Å². The van der Waals surface area contributed by atoms with Gasteiger partial charge in [-0.1, -0.05) is 21.1 Å². The zero-order valence-electron chi connectivity index (χ0n) is 23.1. The Kier molecular flexibility index (Phi) is 10.8.